The smallest absolute Gasteiger partial charge is 0.319 e. The largest absolute Gasteiger partial charge is 0.462 e. The fourth-order valence-electron chi connectivity index (χ4n) is 1.96. The highest BCUT2D eigenvalue weighted by Crippen LogP contribution is 2.39. The number of imidazole rings is 1. The van der Waals surface area contributed by atoms with E-state index in [2.05, 4.69) is 9.55 Å². The molecule has 0 bridgehead atoms. The standard InChI is InChI=1S/C11H14N2O2S/c1-7-6-9(10(14)15-7)16-11-12-4-5-13(11)8-2-3-8/h4-5,7-9H,2-3,6H2,1H3/t7-,9+/m0/s1. The maximum atomic E-state index is 11.5. The van der Waals surface area contributed by atoms with Crippen LogP contribution in [-0.4, -0.2) is 26.9 Å². The van der Waals surface area contributed by atoms with E-state index in [9.17, 15) is 4.79 Å². The van der Waals surface area contributed by atoms with Crippen molar-refractivity contribution >= 4 is 17.7 Å². The fourth-order valence-corrected chi connectivity index (χ4v) is 3.19. The Hall–Kier alpha value is -0.970. The van der Waals surface area contributed by atoms with E-state index in [1.165, 1.54) is 12.8 Å². The first kappa shape index (κ1) is 10.2. The lowest BCUT2D eigenvalue weighted by Crippen LogP contribution is -2.11. The first-order valence-corrected chi connectivity index (χ1v) is 6.52. The van der Waals surface area contributed by atoms with Gasteiger partial charge in [-0.2, -0.15) is 0 Å². The molecule has 2 heterocycles. The Morgan fingerprint density at radius 1 is 1.56 bits per heavy atom. The molecule has 3 rings (SSSR count). The van der Waals surface area contributed by atoms with Gasteiger partial charge < -0.3 is 9.30 Å². The number of carbonyl (C=O) groups is 1. The molecule has 0 N–H and O–H groups in total. The van der Waals surface area contributed by atoms with Gasteiger partial charge in [0.05, 0.1) is 0 Å². The molecule has 1 aromatic heterocycles. The number of cyclic esters (lactones) is 1. The molecule has 0 radical (unpaired) electrons. The Bertz CT molecular complexity index is 414. The minimum absolute atomic E-state index is 0.0503. The average molecular weight is 238 g/mol. The number of thioether (sulfide) groups is 1. The monoisotopic (exact) mass is 238 g/mol. The second kappa shape index (κ2) is 3.80. The van der Waals surface area contributed by atoms with E-state index in [0.717, 1.165) is 11.6 Å². The van der Waals surface area contributed by atoms with Crippen LogP contribution in [0.15, 0.2) is 17.6 Å². The molecule has 1 saturated carbocycles. The van der Waals surface area contributed by atoms with Gasteiger partial charge >= 0.3 is 5.97 Å². The summed E-state index contributed by atoms with van der Waals surface area (Å²) in [6.45, 7) is 1.94. The maximum Gasteiger partial charge on any atom is 0.319 e. The maximum absolute atomic E-state index is 11.5. The van der Waals surface area contributed by atoms with Gasteiger partial charge in [-0.25, -0.2) is 4.98 Å². The quantitative estimate of drug-likeness (QED) is 0.756. The first-order valence-electron chi connectivity index (χ1n) is 5.64. The summed E-state index contributed by atoms with van der Waals surface area (Å²) in [5, 5.41) is 0.883. The second-order valence-electron chi connectivity index (χ2n) is 4.44. The van der Waals surface area contributed by atoms with Crippen molar-refractivity contribution in [1.29, 1.82) is 0 Å². The van der Waals surface area contributed by atoms with Crippen molar-refractivity contribution in [3.8, 4) is 0 Å². The number of carbonyl (C=O) groups excluding carboxylic acids is 1. The highest BCUT2D eigenvalue weighted by molar-refractivity contribution is 8.00. The van der Waals surface area contributed by atoms with Crippen molar-refractivity contribution in [3.05, 3.63) is 12.4 Å². The van der Waals surface area contributed by atoms with E-state index in [4.69, 9.17) is 4.74 Å². The van der Waals surface area contributed by atoms with Gasteiger partial charge in [-0.05, 0) is 19.8 Å². The lowest BCUT2D eigenvalue weighted by molar-refractivity contribution is -0.140. The van der Waals surface area contributed by atoms with Crippen LogP contribution in [0.3, 0.4) is 0 Å². The minimum atomic E-state index is -0.0946. The summed E-state index contributed by atoms with van der Waals surface area (Å²) in [7, 11) is 0. The molecule has 1 aromatic rings. The van der Waals surface area contributed by atoms with Crippen molar-refractivity contribution in [2.24, 2.45) is 0 Å². The van der Waals surface area contributed by atoms with E-state index < -0.39 is 0 Å². The summed E-state index contributed by atoms with van der Waals surface area (Å²) < 4.78 is 7.32. The van der Waals surface area contributed by atoms with Crippen LogP contribution in [-0.2, 0) is 9.53 Å². The van der Waals surface area contributed by atoms with E-state index in [1.807, 2.05) is 19.3 Å². The van der Waals surface area contributed by atoms with Crippen molar-refractivity contribution in [2.75, 3.05) is 0 Å². The zero-order valence-corrected chi connectivity index (χ0v) is 9.94. The number of ether oxygens (including phenoxy) is 1. The Morgan fingerprint density at radius 3 is 3.00 bits per heavy atom. The third kappa shape index (κ3) is 1.84. The molecule has 5 heteroatoms. The van der Waals surface area contributed by atoms with E-state index >= 15 is 0 Å². The number of esters is 1. The Morgan fingerprint density at radius 2 is 2.38 bits per heavy atom. The summed E-state index contributed by atoms with van der Waals surface area (Å²) in [6, 6.07) is 0.611. The van der Waals surface area contributed by atoms with Gasteiger partial charge in [0.25, 0.3) is 0 Å². The Balaban J connectivity index is 1.73. The molecule has 1 saturated heterocycles. The summed E-state index contributed by atoms with van der Waals surface area (Å²) in [6.07, 6.45) is 7.12. The zero-order valence-electron chi connectivity index (χ0n) is 9.13. The van der Waals surface area contributed by atoms with Crippen molar-refractivity contribution < 1.29 is 9.53 Å². The molecule has 1 aliphatic heterocycles. The Labute approximate surface area is 98.4 Å². The molecule has 0 amide bonds. The zero-order chi connectivity index (χ0) is 11.1. The average Bonchev–Trinajstić information content (AvgIpc) is 2.90. The fraction of sp³-hybridized carbons (Fsp3) is 0.636. The van der Waals surface area contributed by atoms with Gasteiger partial charge in [0.15, 0.2) is 5.16 Å². The predicted octanol–water partition coefficient (Wildman–Crippen LogP) is 2.01. The lowest BCUT2D eigenvalue weighted by atomic mass is 10.3. The van der Waals surface area contributed by atoms with Crippen LogP contribution >= 0.6 is 11.8 Å². The number of hydrogen-bond acceptors (Lipinski definition) is 4. The molecule has 0 unspecified atom stereocenters. The summed E-state index contributed by atoms with van der Waals surface area (Å²) in [5.41, 5.74) is 0. The molecule has 2 fully saturated rings. The summed E-state index contributed by atoms with van der Waals surface area (Å²) >= 11 is 1.54. The van der Waals surface area contributed by atoms with Gasteiger partial charge in [0.2, 0.25) is 0 Å². The summed E-state index contributed by atoms with van der Waals surface area (Å²) in [5.74, 6) is -0.0946. The molecule has 1 aliphatic carbocycles. The molecular formula is C11H14N2O2S. The van der Waals surface area contributed by atoms with Gasteiger partial charge in [-0.15, -0.1) is 0 Å². The van der Waals surface area contributed by atoms with Gasteiger partial charge in [0.1, 0.15) is 11.4 Å². The SMILES string of the molecule is C[C@H]1C[C@@H](Sc2nccn2C2CC2)C(=O)O1. The summed E-state index contributed by atoms with van der Waals surface area (Å²) in [4.78, 5) is 15.8. The van der Waals surface area contributed by atoms with Gasteiger partial charge in [-0.1, -0.05) is 11.8 Å². The van der Waals surface area contributed by atoms with E-state index in [1.54, 1.807) is 11.8 Å². The van der Waals surface area contributed by atoms with Crippen LogP contribution in [0, 0.1) is 0 Å². The van der Waals surface area contributed by atoms with Crippen LogP contribution in [0.2, 0.25) is 0 Å². The van der Waals surface area contributed by atoms with Gasteiger partial charge in [0, 0.05) is 24.9 Å². The highest BCUT2D eigenvalue weighted by Gasteiger charge is 2.35. The minimum Gasteiger partial charge on any atom is -0.462 e. The van der Waals surface area contributed by atoms with Crippen molar-refractivity contribution in [1.82, 2.24) is 9.55 Å². The molecule has 86 valence electrons. The van der Waals surface area contributed by atoms with Crippen LogP contribution in [0.5, 0.6) is 0 Å². The number of rotatable bonds is 3. The van der Waals surface area contributed by atoms with Crippen LogP contribution < -0.4 is 0 Å². The van der Waals surface area contributed by atoms with Crippen LogP contribution in [0.4, 0.5) is 0 Å². The Kier molecular flexibility index (Phi) is 2.42. The normalized spacial score (nSPS) is 29.4. The molecular weight excluding hydrogens is 224 g/mol. The third-order valence-corrected chi connectivity index (χ3v) is 4.14. The molecule has 2 aliphatic rings. The molecule has 2 atom stereocenters. The molecule has 4 nitrogen and oxygen atoms in total. The van der Waals surface area contributed by atoms with Crippen molar-refractivity contribution in [2.45, 2.75) is 48.7 Å². The topological polar surface area (TPSA) is 44.1 Å². The highest BCUT2D eigenvalue weighted by atomic mass is 32.2. The number of nitrogens with zero attached hydrogens (tertiary/aromatic N) is 2. The lowest BCUT2D eigenvalue weighted by Gasteiger charge is -2.07. The van der Waals surface area contributed by atoms with Crippen LogP contribution in [0.1, 0.15) is 32.2 Å². The molecule has 0 aromatic carbocycles. The predicted molar refractivity (Wildman–Crippen MR) is 60.3 cm³/mol. The van der Waals surface area contributed by atoms with Gasteiger partial charge in [-0.3, -0.25) is 4.79 Å². The second-order valence-corrected chi connectivity index (χ2v) is 5.61. The third-order valence-electron chi connectivity index (χ3n) is 2.95. The molecule has 0 spiro atoms. The molecule has 16 heavy (non-hydrogen) atoms. The first-order chi connectivity index (χ1) is 7.74. The number of hydrogen-bond donors (Lipinski definition) is 0. The van der Waals surface area contributed by atoms with Crippen LogP contribution in [0.25, 0.3) is 0 Å². The number of aromatic nitrogens is 2. The van der Waals surface area contributed by atoms with E-state index in [-0.39, 0.29) is 17.3 Å². The van der Waals surface area contributed by atoms with E-state index in [0.29, 0.717) is 6.04 Å². The van der Waals surface area contributed by atoms with Crippen molar-refractivity contribution in [3.63, 3.8) is 0 Å².